The van der Waals surface area contributed by atoms with Gasteiger partial charge in [-0.3, -0.25) is 0 Å². The molecule has 0 spiro atoms. The number of fused-ring (bicyclic) bond motifs is 10. The second kappa shape index (κ2) is 9.29. The fourth-order valence-electron chi connectivity index (χ4n) is 7.60. The van der Waals surface area contributed by atoms with E-state index in [1.807, 2.05) is 0 Å². The summed E-state index contributed by atoms with van der Waals surface area (Å²) in [5.41, 5.74) is 7.26. The molecule has 1 heterocycles. The minimum absolute atomic E-state index is 0.903. The molecule has 0 fully saturated rings. The van der Waals surface area contributed by atoms with E-state index < -0.39 is 0 Å². The minimum atomic E-state index is 0.903. The van der Waals surface area contributed by atoms with E-state index in [1.165, 1.54) is 81.7 Å². The van der Waals surface area contributed by atoms with Crippen molar-refractivity contribution >= 4 is 53.9 Å². The number of ether oxygens (including phenoxy) is 1. The van der Waals surface area contributed by atoms with Gasteiger partial charge in [-0.15, -0.1) is 0 Å². The third kappa shape index (κ3) is 3.56. The Morgan fingerprint density at radius 1 is 0.289 bits per heavy atom. The van der Waals surface area contributed by atoms with Crippen LogP contribution in [0.4, 0.5) is 0 Å². The van der Waals surface area contributed by atoms with Gasteiger partial charge in [0.2, 0.25) is 0 Å². The average Bonchev–Trinajstić information content (AvgIpc) is 3.11. The van der Waals surface area contributed by atoms with Gasteiger partial charge in [0.15, 0.2) is 0 Å². The Morgan fingerprint density at radius 2 is 0.978 bits per heavy atom. The molecule has 0 aromatic heterocycles. The van der Waals surface area contributed by atoms with E-state index in [-0.39, 0.29) is 0 Å². The first kappa shape index (κ1) is 24.5. The molecule has 1 heteroatoms. The predicted octanol–water partition coefficient (Wildman–Crippen LogP) is 12.6. The Labute approximate surface area is 260 Å². The molecule has 1 nitrogen and oxygen atoms in total. The van der Waals surface area contributed by atoms with Crippen LogP contribution < -0.4 is 4.74 Å². The molecular formula is C44H26O. The van der Waals surface area contributed by atoms with Crippen LogP contribution in [0.5, 0.6) is 11.5 Å². The highest BCUT2D eigenvalue weighted by atomic mass is 16.5. The third-order valence-electron chi connectivity index (χ3n) is 9.62. The summed E-state index contributed by atoms with van der Waals surface area (Å²) in [5, 5.41) is 12.6. The standard InChI is InChI=1S/C44H26O/c1-2-10-27(11-3-1)29-20-22-36-38(24-29)31-14-4-5-15-32(31)40-26-37(33-16-6-7-17-34(33)44(36)40)30-21-23-41-39(25-30)35-18-8-12-28-13-9-19-42(45-41)43(28)35/h1-26H. The van der Waals surface area contributed by atoms with Crippen LogP contribution >= 0.6 is 0 Å². The highest BCUT2D eigenvalue weighted by Crippen LogP contribution is 2.49. The zero-order valence-electron chi connectivity index (χ0n) is 24.4. The van der Waals surface area contributed by atoms with E-state index in [0.29, 0.717) is 0 Å². The van der Waals surface area contributed by atoms with Crippen molar-refractivity contribution in [3.63, 3.8) is 0 Å². The van der Waals surface area contributed by atoms with Gasteiger partial charge in [0, 0.05) is 10.9 Å². The van der Waals surface area contributed by atoms with Crippen molar-refractivity contribution in [3.8, 4) is 44.9 Å². The Hall–Kier alpha value is -5.92. The lowest BCUT2D eigenvalue weighted by molar-refractivity contribution is 0.487. The molecule has 1 aliphatic rings. The molecule has 0 atom stereocenters. The summed E-state index contributed by atoms with van der Waals surface area (Å²) in [4.78, 5) is 0. The van der Waals surface area contributed by atoms with Crippen LogP contribution in [0.25, 0.3) is 87.2 Å². The van der Waals surface area contributed by atoms with Gasteiger partial charge >= 0.3 is 0 Å². The van der Waals surface area contributed by atoms with Crippen LogP contribution in [0.15, 0.2) is 158 Å². The molecule has 0 bridgehead atoms. The van der Waals surface area contributed by atoms with Crippen molar-refractivity contribution in [1.82, 2.24) is 0 Å². The largest absolute Gasteiger partial charge is 0.456 e. The monoisotopic (exact) mass is 570 g/mol. The van der Waals surface area contributed by atoms with Crippen LogP contribution in [0, 0.1) is 0 Å². The maximum absolute atomic E-state index is 6.45. The first-order valence-corrected chi connectivity index (χ1v) is 15.5. The molecule has 9 aromatic carbocycles. The minimum Gasteiger partial charge on any atom is -0.456 e. The second-order valence-corrected chi connectivity index (χ2v) is 12.0. The number of hydrogen-bond acceptors (Lipinski definition) is 1. The summed E-state index contributed by atoms with van der Waals surface area (Å²) in [6, 6.07) is 57.3. The number of rotatable bonds is 2. The molecule has 0 saturated heterocycles. The summed E-state index contributed by atoms with van der Waals surface area (Å²) >= 11 is 0. The van der Waals surface area contributed by atoms with Crippen molar-refractivity contribution in [2.45, 2.75) is 0 Å². The van der Waals surface area contributed by atoms with Crippen LogP contribution in [0.2, 0.25) is 0 Å². The first-order chi connectivity index (χ1) is 22.3. The van der Waals surface area contributed by atoms with E-state index in [4.69, 9.17) is 4.74 Å². The molecule has 45 heavy (non-hydrogen) atoms. The molecule has 1 aliphatic heterocycles. The van der Waals surface area contributed by atoms with E-state index in [1.54, 1.807) is 0 Å². The fraction of sp³-hybridized carbons (Fsp3) is 0. The van der Waals surface area contributed by atoms with Crippen molar-refractivity contribution in [2.75, 3.05) is 0 Å². The van der Waals surface area contributed by atoms with Gasteiger partial charge in [-0.05, 0) is 107 Å². The van der Waals surface area contributed by atoms with Gasteiger partial charge in [-0.2, -0.15) is 0 Å². The molecule has 0 amide bonds. The predicted molar refractivity (Wildman–Crippen MR) is 190 cm³/mol. The maximum atomic E-state index is 6.45. The Kier molecular flexibility index (Phi) is 5.06. The molecule has 0 unspecified atom stereocenters. The molecule has 0 aliphatic carbocycles. The van der Waals surface area contributed by atoms with E-state index >= 15 is 0 Å². The molecule has 0 saturated carbocycles. The maximum Gasteiger partial charge on any atom is 0.135 e. The van der Waals surface area contributed by atoms with E-state index in [9.17, 15) is 0 Å². The molecule has 9 aromatic rings. The zero-order valence-corrected chi connectivity index (χ0v) is 24.4. The SMILES string of the molecule is c1ccc(-c2ccc3c(c2)c2ccccc2c2cc(-c4ccc5c(c4)-c4cccc6cccc(c46)O5)c4ccccc4c32)cc1. The summed E-state index contributed by atoms with van der Waals surface area (Å²) in [6.07, 6.45) is 0. The van der Waals surface area contributed by atoms with Crippen molar-refractivity contribution in [3.05, 3.63) is 158 Å². The van der Waals surface area contributed by atoms with E-state index in [2.05, 4.69) is 158 Å². The van der Waals surface area contributed by atoms with Gasteiger partial charge in [-0.1, -0.05) is 127 Å². The van der Waals surface area contributed by atoms with Crippen LogP contribution in [-0.4, -0.2) is 0 Å². The van der Waals surface area contributed by atoms with Crippen LogP contribution in [-0.2, 0) is 0 Å². The molecule has 0 N–H and O–H groups in total. The lowest BCUT2D eigenvalue weighted by atomic mass is 9.86. The lowest BCUT2D eigenvalue weighted by Crippen LogP contribution is -1.97. The molecule has 0 radical (unpaired) electrons. The molecular weight excluding hydrogens is 544 g/mol. The normalized spacial score (nSPS) is 12.2. The number of benzene rings is 9. The van der Waals surface area contributed by atoms with Crippen molar-refractivity contribution in [1.29, 1.82) is 0 Å². The quantitative estimate of drug-likeness (QED) is 0.188. The van der Waals surface area contributed by atoms with Gasteiger partial charge in [-0.25, -0.2) is 0 Å². The average molecular weight is 571 g/mol. The summed E-state index contributed by atoms with van der Waals surface area (Å²) in [7, 11) is 0. The third-order valence-corrected chi connectivity index (χ3v) is 9.62. The topological polar surface area (TPSA) is 9.23 Å². The fourth-order valence-corrected chi connectivity index (χ4v) is 7.60. The molecule has 208 valence electrons. The van der Waals surface area contributed by atoms with Gasteiger partial charge in [0.05, 0.1) is 0 Å². The molecule has 10 rings (SSSR count). The lowest BCUT2D eigenvalue weighted by Gasteiger charge is -2.22. The Bertz CT molecular complexity index is 2660. The summed E-state index contributed by atoms with van der Waals surface area (Å²) < 4.78 is 6.45. The van der Waals surface area contributed by atoms with Crippen molar-refractivity contribution in [2.24, 2.45) is 0 Å². The van der Waals surface area contributed by atoms with Crippen LogP contribution in [0.3, 0.4) is 0 Å². The summed E-state index contributed by atoms with van der Waals surface area (Å²) in [6.45, 7) is 0. The Balaban J connectivity index is 1.28. The van der Waals surface area contributed by atoms with Gasteiger partial charge in [0.1, 0.15) is 11.5 Å². The zero-order chi connectivity index (χ0) is 29.5. The second-order valence-electron chi connectivity index (χ2n) is 12.0. The van der Waals surface area contributed by atoms with Crippen LogP contribution in [0.1, 0.15) is 0 Å². The first-order valence-electron chi connectivity index (χ1n) is 15.5. The Morgan fingerprint density at radius 3 is 1.82 bits per heavy atom. The highest BCUT2D eigenvalue weighted by molar-refractivity contribution is 6.33. The van der Waals surface area contributed by atoms with Gasteiger partial charge in [0.25, 0.3) is 0 Å². The van der Waals surface area contributed by atoms with Gasteiger partial charge < -0.3 is 4.74 Å². The van der Waals surface area contributed by atoms with E-state index in [0.717, 1.165) is 17.1 Å². The number of hydrogen-bond donors (Lipinski definition) is 0. The van der Waals surface area contributed by atoms with Crippen molar-refractivity contribution < 1.29 is 4.74 Å². The highest BCUT2D eigenvalue weighted by Gasteiger charge is 2.21. The smallest absolute Gasteiger partial charge is 0.135 e. The summed E-state index contributed by atoms with van der Waals surface area (Å²) in [5.74, 6) is 1.83.